The van der Waals surface area contributed by atoms with E-state index in [1.807, 2.05) is 24.3 Å². The predicted molar refractivity (Wildman–Crippen MR) is 126 cm³/mol. The third-order valence-corrected chi connectivity index (χ3v) is 6.79. The molecule has 2 aromatic rings. The Morgan fingerprint density at radius 3 is 1.52 bits per heavy atom. The maximum absolute atomic E-state index is 13.3. The van der Waals surface area contributed by atoms with Crippen molar-refractivity contribution in [2.45, 2.75) is 33.6 Å². The second-order valence-corrected chi connectivity index (χ2v) is 10.1. The van der Waals surface area contributed by atoms with Crippen molar-refractivity contribution in [3.05, 3.63) is 78.8 Å². The summed E-state index contributed by atoms with van der Waals surface area (Å²) in [6.45, 7) is 6.63. The molecule has 3 rings (SSSR count). The van der Waals surface area contributed by atoms with Gasteiger partial charge in [0, 0.05) is 11.1 Å². The van der Waals surface area contributed by atoms with Gasteiger partial charge in [-0.2, -0.15) is 0 Å². The number of carbonyl (C=O) groups excluding carboxylic acids is 1. The number of rotatable bonds is 2. The summed E-state index contributed by atoms with van der Waals surface area (Å²) in [6.07, 6.45) is 5.29. The molecule has 29 heavy (non-hydrogen) atoms. The standard InChI is InChI=1S/C24H22Cl4O/c1-24(2,3)18-12-16(8-14-4-6-19(25)21(27)10-14)23(29)17(13-18)9-15-5-7-20(26)22(28)11-15/h4-11,18H,12-13H2,1-3H3. The van der Waals surface area contributed by atoms with Crippen LogP contribution in [0.2, 0.25) is 20.1 Å². The topological polar surface area (TPSA) is 17.1 Å². The number of allylic oxidation sites excluding steroid dienone is 2. The Morgan fingerprint density at radius 1 is 0.759 bits per heavy atom. The van der Waals surface area contributed by atoms with Gasteiger partial charge in [-0.05, 0) is 71.7 Å². The summed E-state index contributed by atoms with van der Waals surface area (Å²) >= 11 is 24.4. The third kappa shape index (κ3) is 5.47. The lowest BCUT2D eigenvalue weighted by atomic mass is 9.68. The zero-order valence-electron chi connectivity index (χ0n) is 16.5. The number of hydrogen-bond donors (Lipinski definition) is 0. The summed E-state index contributed by atoms with van der Waals surface area (Å²) in [5, 5.41) is 1.94. The molecule has 152 valence electrons. The van der Waals surface area contributed by atoms with E-state index in [4.69, 9.17) is 46.4 Å². The average Bonchev–Trinajstić information content (AvgIpc) is 2.63. The molecule has 0 aliphatic heterocycles. The molecule has 0 amide bonds. The van der Waals surface area contributed by atoms with Gasteiger partial charge in [-0.15, -0.1) is 0 Å². The molecule has 0 aromatic heterocycles. The predicted octanol–water partition coefficient (Wildman–Crippen LogP) is 8.79. The molecule has 0 unspecified atom stereocenters. The Hall–Kier alpha value is -1.25. The average molecular weight is 468 g/mol. The van der Waals surface area contributed by atoms with Gasteiger partial charge in [0.15, 0.2) is 5.78 Å². The number of ketones is 1. The molecule has 0 N–H and O–H groups in total. The molecule has 1 aliphatic carbocycles. The first kappa shape index (κ1) is 22.4. The van der Waals surface area contributed by atoms with Crippen LogP contribution in [0.25, 0.3) is 12.2 Å². The van der Waals surface area contributed by atoms with E-state index in [0.717, 1.165) is 35.1 Å². The number of halogens is 4. The molecule has 0 saturated heterocycles. The van der Waals surface area contributed by atoms with Gasteiger partial charge in [-0.1, -0.05) is 79.3 Å². The smallest absolute Gasteiger partial charge is 0.185 e. The number of benzene rings is 2. The van der Waals surface area contributed by atoms with Crippen LogP contribution in [0.3, 0.4) is 0 Å². The van der Waals surface area contributed by atoms with Gasteiger partial charge in [0.2, 0.25) is 0 Å². The molecule has 0 atom stereocenters. The van der Waals surface area contributed by atoms with E-state index in [9.17, 15) is 4.79 Å². The first-order valence-corrected chi connectivity index (χ1v) is 10.9. The van der Waals surface area contributed by atoms with Crippen molar-refractivity contribution in [1.29, 1.82) is 0 Å². The van der Waals surface area contributed by atoms with Crippen LogP contribution >= 0.6 is 46.4 Å². The maximum atomic E-state index is 13.3. The molecule has 1 nitrogen and oxygen atoms in total. The lowest BCUT2D eigenvalue weighted by molar-refractivity contribution is -0.113. The van der Waals surface area contributed by atoms with Gasteiger partial charge in [-0.25, -0.2) is 0 Å². The summed E-state index contributed by atoms with van der Waals surface area (Å²) in [6, 6.07) is 10.8. The van der Waals surface area contributed by atoms with E-state index in [1.165, 1.54) is 0 Å². The first-order chi connectivity index (χ1) is 13.5. The summed E-state index contributed by atoms with van der Waals surface area (Å²) in [7, 11) is 0. The van der Waals surface area contributed by atoms with Crippen LogP contribution in [-0.4, -0.2) is 5.78 Å². The Bertz CT molecular complexity index is 939. The first-order valence-electron chi connectivity index (χ1n) is 9.40. The van der Waals surface area contributed by atoms with Crippen molar-refractivity contribution >= 4 is 64.3 Å². The fourth-order valence-corrected chi connectivity index (χ4v) is 4.08. The molecular weight excluding hydrogens is 446 g/mol. The summed E-state index contributed by atoms with van der Waals surface area (Å²) in [5.74, 6) is 0.394. The van der Waals surface area contributed by atoms with E-state index >= 15 is 0 Å². The molecule has 0 radical (unpaired) electrons. The molecule has 0 spiro atoms. The van der Waals surface area contributed by atoms with Crippen molar-refractivity contribution in [2.75, 3.05) is 0 Å². The van der Waals surface area contributed by atoms with Crippen molar-refractivity contribution in [1.82, 2.24) is 0 Å². The van der Waals surface area contributed by atoms with E-state index in [2.05, 4.69) is 20.8 Å². The normalized spacial score (nSPS) is 20.5. The van der Waals surface area contributed by atoms with Crippen LogP contribution in [0.4, 0.5) is 0 Å². The van der Waals surface area contributed by atoms with Crippen LogP contribution in [0.1, 0.15) is 44.7 Å². The third-order valence-electron chi connectivity index (χ3n) is 5.31. The van der Waals surface area contributed by atoms with Crippen molar-refractivity contribution in [3.63, 3.8) is 0 Å². The second kappa shape index (κ2) is 8.86. The molecule has 1 saturated carbocycles. The zero-order valence-corrected chi connectivity index (χ0v) is 19.6. The molecule has 5 heteroatoms. The Kier molecular flexibility index (Phi) is 6.85. The monoisotopic (exact) mass is 466 g/mol. The number of carbonyl (C=O) groups is 1. The summed E-state index contributed by atoms with van der Waals surface area (Å²) in [5.41, 5.74) is 3.35. The fraction of sp³-hybridized carbons (Fsp3) is 0.292. The lowest BCUT2D eigenvalue weighted by Gasteiger charge is -2.35. The van der Waals surface area contributed by atoms with Crippen LogP contribution in [-0.2, 0) is 4.79 Å². The summed E-state index contributed by atoms with van der Waals surface area (Å²) < 4.78 is 0. The molecule has 2 aromatic carbocycles. The van der Waals surface area contributed by atoms with E-state index < -0.39 is 0 Å². The number of hydrogen-bond acceptors (Lipinski definition) is 1. The van der Waals surface area contributed by atoms with Crippen LogP contribution in [0.15, 0.2) is 47.5 Å². The maximum Gasteiger partial charge on any atom is 0.185 e. The molecule has 0 bridgehead atoms. The van der Waals surface area contributed by atoms with Gasteiger partial charge < -0.3 is 0 Å². The van der Waals surface area contributed by atoms with Gasteiger partial charge in [0.05, 0.1) is 20.1 Å². The van der Waals surface area contributed by atoms with Crippen molar-refractivity contribution < 1.29 is 4.79 Å². The van der Waals surface area contributed by atoms with Gasteiger partial charge in [0.25, 0.3) is 0 Å². The highest BCUT2D eigenvalue weighted by Crippen LogP contribution is 2.42. The highest BCUT2D eigenvalue weighted by molar-refractivity contribution is 6.42. The minimum Gasteiger partial charge on any atom is -0.289 e. The minimum absolute atomic E-state index is 0.0580. The molecule has 1 aliphatic rings. The van der Waals surface area contributed by atoms with Crippen LogP contribution in [0.5, 0.6) is 0 Å². The number of Topliss-reactive ketones (excluding diaryl/α,β-unsaturated/α-hetero) is 1. The minimum atomic E-state index is 0.0580. The lowest BCUT2D eigenvalue weighted by Crippen LogP contribution is -2.29. The Balaban J connectivity index is 2.03. The fourth-order valence-electron chi connectivity index (χ4n) is 3.46. The zero-order chi connectivity index (χ0) is 21.3. The van der Waals surface area contributed by atoms with Crippen molar-refractivity contribution in [3.8, 4) is 0 Å². The largest absolute Gasteiger partial charge is 0.289 e. The highest BCUT2D eigenvalue weighted by Gasteiger charge is 2.34. The highest BCUT2D eigenvalue weighted by atomic mass is 35.5. The van der Waals surface area contributed by atoms with Gasteiger partial charge >= 0.3 is 0 Å². The second-order valence-electron chi connectivity index (χ2n) is 8.49. The van der Waals surface area contributed by atoms with E-state index in [1.54, 1.807) is 24.3 Å². The van der Waals surface area contributed by atoms with Gasteiger partial charge in [-0.3, -0.25) is 4.79 Å². The van der Waals surface area contributed by atoms with E-state index in [0.29, 0.717) is 26.0 Å². The summed E-state index contributed by atoms with van der Waals surface area (Å²) in [4.78, 5) is 13.3. The van der Waals surface area contributed by atoms with Crippen LogP contribution in [0, 0.1) is 11.3 Å². The van der Waals surface area contributed by atoms with Crippen LogP contribution < -0.4 is 0 Å². The Morgan fingerprint density at radius 2 is 1.17 bits per heavy atom. The quantitative estimate of drug-likeness (QED) is 0.403. The molecule has 0 heterocycles. The SMILES string of the molecule is CC(C)(C)C1CC(=Cc2ccc(Cl)c(Cl)c2)C(=O)C(=Cc2ccc(Cl)c(Cl)c2)C1. The van der Waals surface area contributed by atoms with Crippen molar-refractivity contribution in [2.24, 2.45) is 11.3 Å². The van der Waals surface area contributed by atoms with E-state index in [-0.39, 0.29) is 11.2 Å². The Labute approximate surface area is 192 Å². The molecule has 1 fully saturated rings. The molecular formula is C24H22Cl4O. The van der Waals surface area contributed by atoms with Gasteiger partial charge in [0.1, 0.15) is 0 Å².